The number of halogens is 1. The molecule has 33 heavy (non-hydrogen) atoms. The van der Waals surface area contributed by atoms with Gasteiger partial charge in [0.05, 0.1) is 28.5 Å². The number of anilines is 3. The Labute approximate surface area is 194 Å². The lowest BCUT2D eigenvalue weighted by molar-refractivity contribution is -0.116. The predicted octanol–water partition coefficient (Wildman–Crippen LogP) is 4.71. The van der Waals surface area contributed by atoms with Crippen LogP contribution in [0, 0.1) is 0 Å². The molecule has 0 bridgehead atoms. The second-order valence-corrected chi connectivity index (χ2v) is 7.12. The van der Waals surface area contributed by atoms with Crippen LogP contribution >= 0.6 is 11.6 Å². The normalized spacial score (nSPS) is 10.5. The van der Waals surface area contributed by atoms with Gasteiger partial charge in [-0.15, -0.1) is 0 Å². The quantitative estimate of drug-likeness (QED) is 0.321. The molecule has 4 N–H and O–H groups in total. The molecule has 1 amide bonds. The lowest BCUT2D eigenvalue weighted by Gasteiger charge is -2.13. The summed E-state index contributed by atoms with van der Waals surface area (Å²) in [5.74, 6) is 1.42. The number of aromatic nitrogens is 3. The molecule has 2 heterocycles. The number of nitrogen functional groups attached to an aromatic ring is 1. The Bertz CT molecular complexity index is 1310. The number of amides is 1. The first kappa shape index (κ1) is 21.8. The minimum atomic E-state index is -0.309. The highest BCUT2D eigenvalue weighted by atomic mass is 35.5. The van der Waals surface area contributed by atoms with Crippen LogP contribution in [0.5, 0.6) is 11.5 Å². The molecule has 9 nitrogen and oxygen atoms in total. The van der Waals surface area contributed by atoms with Gasteiger partial charge in [0.15, 0.2) is 5.75 Å². The number of nitrogens with zero attached hydrogens (tertiary/aromatic N) is 3. The standard InChI is InChI=1S/C23H19ClN6O3/c1-2-20(31)26-11-14-13-32-22(28-14)15-12-27-23(30-21(15)25)29-17-8-4-6-10-19(17)33-18-9-5-3-7-16(18)24/h2-10,12-13H,1,11H2,(H,26,31)(H3,25,27,29,30). The fourth-order valence-corrected chi connectivity index (χ4v) is 2.98. The molecule has 0 radical (unpaired) electrons. The van der Waals surface area contributed by atoms with Crippen molar-refractivity contribution in [3.05, 3.63) is 84.4 Å². The van der Waals surface area contributed by atoms with E-state index in [1.165, 1.54) is 18.5 Å². The van der Waals surface area contributed by atoms with Crippen molar-refractivity contribution in [1.29, 1.82) is 0 Å². The molecule has 2 aromatic carbocycles. The highest BCUT2D eigenvalue weighted by Crippen LogP contribution is 2.34. The number of ether oxygens (including phenoxy) is 1. The molecule has 166 valence electrons. The van der Waals surface area contributed by atoms with Gasteiger partial charge in [-0.1, -0.05) is 42.4 Å². The number of nitrogens with two attached hydrogens (primary N) is 1. The van der Waals surface area contributed by atoms with E-state index in [0.717, 1.165) is 0 Å². The van der Waals surface area contributed by atoms with Gasteiger partial charge in [0, 0.05) is 6.20 Å². The third-order valence-corrected chi connectivity index (χ3v) is 4.73. The molecular weight excluding hydrogens is 444 g/mol. The SMILES string of the molecule is C=CC(=O)NCc1coc(-c2cnc(Nc3ccccc3Oc3ccccc3Cl)nc2N)n1. The second-order valence-electron chi connectivity index (χ2n) is 6.71. The Balaban J connectivity index is 1.51. The zero-order chi connectivity index (χ0) is 23.2. The molecule has 0 spiro atoms. The first-order chi connectivity index (χ1) is 16.0. The molecule has 0 atom stereocenters. The number of nitrogens with one attached hydrogen (secondary N) is 2. The lowest BCUT2D eigenvalue weighted by atomic mass is 10.3. The molecular formula is C23H19ClN6O3. The van der Waals surface area contributed by atoms with Crippen molar-refractivity contribution in [2.45, 2.75) is 6.54 Å². The number of hydrogen-bond acceptors (Lipinski definition) is 8. The molecule has 0 saturated carbocycles. The Morgan fingerprint density at radius 1 is 1.15 bits per heavy atom. The van der Waals surface area contributed by atoms with Crippen LogP contribution in [-0.2, 0) is 11.3 Å². The largest absolute Gasteiger partial charge is 0.454 e. The smallest absolute Gasteiger partial charge is 0.243 e. The number of carbonyl (C=O) groups excluding carboxylic acids is 1. The molecule has 2 aromatic heterocycles. The number of rotatable bonds is 8. The molecule has 0 aliphatic heterocycles. The van der Waals surface area contributed by atoms with Gasteiger partial charge in [0.25, 0.3) is 0 Å². The van der Waals surface area contributed by atoms with E-state index in [1.807, 2.05) is 30.3 Å². The van der Waals surface area contributed by atoms with Gasteiger partial charge in [0.2, 0.25) is 17.7 Å². The summed E-state index contributed by atoms with van der Waals surface area (Å²) in [6.45, 7) is 3.59. The van der Waals surface area contributed by atoms with Crippen molar-refractivity contribution in [3.8, 4) is 23.0 Å². The maximum absolute atomic E-state index is 11.3. The lowest BCUT2D eigenvalue weighted by Crippen LogP contribution is -2.20. The van der Waals surface area contributed by atoms with E-state index >= 15 is 0 Å². The van der Waals surface area contributed by atoms with Gasteiger partial charge in [-0.2, -0.15) is 4.98 Å². The maximum Gasteiger partial charge on any atom is 0.243 e. The fraction of sp³-hybridized carbons (Fsp3) is 0.0435. The van der Waals surface area contributed by atoms with E-state index in [0.29, 0.717) is 33.5 Å². The first-order valence-electron chi connectivity index (χ1n) is 9.79. The molecule has 0 aliphatic rings. The molecule has 0 unspecified atom stereocenters. The molecule has 10 heteroatoms. The highest BCUT2D eigenvalue weighted by molar-refractivity contribution is 6.32. The van der Waals surface area contributed by atoms with E-state index in [9.17, 15) is 4.79 Å². The summed E-state index contributed by atoms with van der Waals surface area (Å²) in [6, 6.07) is 14.5. The highest BCUT2D eigenvalue weighted by Gasteiger charge is 2.14. The third kappa shape index (κ3) is 5.28. The number of benzene rings is 2. The van der Waals surface area contributed by atoms with E-state index in [4.69, 9.17) is 26.5 Å². The number of hydrogen-bond donors (Lipinski definition) is 3. The Hall–Kier alpha value is -4.37. The minimum absolute atomic E-state index is 0.167. The van der Waals surface area contributed by atoms with Gasteiger partial charge < -0.3 is 25.5 Å². The van der Waals surface area contributed by atoms with Gasteiger partial charge in [-0.05, 0) is 30.3 Å². The summed E-state index contributed by atoms with van der Waals surface area (Å²) in [7, 11) is 0. The van der Waals surface area contributed by atoms with Crippen molar-refractivity contribution >= 4 is 35.0 Å². The maximum atomic E-state index is 11.3. The van der Waals surface area contributed by atoms with Crippen LogP contribution in [-0.4, -0.2) is 20.9 Å². The van der Waals surface area contributed by atoms with Crippen LogP contribution in [0.1, 0.15) is 5.69 Å². The van der Waals surface area contributed by atoms with Crippen molar-refractivity contribution < 1.29 is 13.9 Å². The van der Waals surface area contributed by atoms with E-state index in [-0.39, 0.29) is 30.1 Å². The zero-order valence-corrected chi connectivity index (χ0v) is 18.0. The molecule has 0 aliphatic carbocycles. The number of para-hydroxylation sites is 3. The number of carbonyl (C=O) groups is 1. The first-order valence-corrected chi connectivity index (χ1v) is 10.2. The zero-order valence-electron chi connectivity index (χ0n) is 17.3. The van der Waals surface area contributed by atoms with Crippen molar-refractivity contribution in [1.82, 2.24) is 20.3 Å². The summed E-state index contributed by atoms with van der Waals surface area (Å²) in [5.41, 5.74) is 7.68. The van der Waals surface area contributed by atoms with Crippen LogP contribution < -0.4 is 21.1 Å². The fourth-order valence-electron chi connectivity index (χ4n) is 2.81. The average Bonchev–Trinajstić information content (AvgIpc) is 3.29. The van der Waals surface area contributed by atoms with E-state index in [2.05, 4.69) is 32.2 Å². The average molecular weight is 463 g/mol. The summed E-state index contributed by atoms with van der Waals surface area (Å²) in [4.78, 5) is 24.2. The predicted molar refractivity (Wildman–Crippen MR) is 125 cm³/mol. The van der Waals surface area contributed by atoms with Gasteiger partial charge in [0.1, 0.15) is 17.8 Å². The molecule has 0 saturated heterocycles. The topological polar surface area (TPSA) is 128 Å². The summed E-state index contributed by atoms with van der Waals surface area (Å²) >= 11 is 6.20. The monoisotopic (exact) mass is 462 g/mol. The summed E-state index contributed by atoms with van der Waals surface area (Å²) in [5, 5.41) is 6.21. The van der Waals surface area contributed by atoms with E-state index in [1.54, 1.807) is 18.2 Å². The van der Waals surface area contributed by atoms with Gasteiger partial charge in [-0.3, -0.25) is 4.79 Å². The van der Waals surface area contributed by atoms with Crippen LogP contribution in [0.3, 0.4) is 0 Å². The molecule has 0 fully saturated rings. The van der Waals surface area contributed by atoms with Crippen molar-refractivity contribution in [3.63, 3.8) is 0 Å². The second kappa shape index (κ2) is 9.84. The third-order valence-electron chi connectivity index (χ3n) is 4.42. The number of oxazole rings is 1. The van der Waals surface area contributed by atoms with Crippen LogP contribution in [0.4, 0.5) is 17.5 Å². The van der Waals surface area contributed by atoms with Crippen LogP contribution in [0.25, 0.3) is 11.5 Å². The summed E-state index contributed by atoms with van der Waals surface area (Å²) < 4.78 is 11.4. The van der Waals surface area contributed by atoms with Gasteiger partial charge in [-0.25, -0.2) is 9.97 Å². The van der Waals surface area contributed by atoms with E-state index < -0.39 is 0 Å². The Morgan fingerprint density at radius 2 is 1.91 bits per heavy atom. The molecule has 4 rings (SSSR count). The van der Waals surface area contributed by atoms with Gasteiger partial charge >= 0.3 is 0 Å². The van der Waals surface area contributed by atoms with Crippen molar-refractivity contribution in [2.75, 3.05) is 11.1 Å². The Morgan fingerprint density at radius 3 is 2.67 bits per heavy atom. The summed E-state index contributed by atoms with van der Waals surface area (Å²) in [6.07, 6.45) is 4.10. The van der Waals surface area contributed by atoms with Crippen LogP contribution in [0.15, 0.2) is 78.1 Å². The van der Waals surface area contributed by atoms with Crippen LogP contribution in [0.2, 0.25) is 5.02 Å². The minimum Gasteiger partial charge on any atom is -0.454 e. The molecule has 4 aromatic rings. The Kier molecular flexibility index (Phi) is 6.51. The van der Waals surface area contributed by atoms with Crippen molar-refractivity contribution in [2.24, 2.45) is 0 Å².